The third-order valence-corrected chi connectivity index (χ3v) is 4.15. The van der Waals surface area contributed by atoms with Gasteiger partial charge in [-0.3, -0.25) is 9.59 Å². The van der Waals surface area contributed by atoms with E-state index in [4.69, 9.17) is 10.2 Å². The summed E-state index contributed by atoms with van der Waals surface area (Å²) in [7, 11) is 0. The Labute approximate surface area is 132 Å². The van der Waals surface area contributed by atoms with Gasteiger partial charge in [0.2, 0.25) is 0 Å². The van der Waals surface area contributed by atoms with Crippen LogP contribution in [0.1, 0.15) is 29.2 Å². The van der Waals surface area contributed by atoms with Gasteiger partial charge >= 0.3 is 0 Å². The molecule has 114 valence electrons. The van der Waals surface area contributed by atoms with Gasteiger partial charge in [0.1, 0.15) is 17.5 Å². The van der Waals surface area contributed by atoms with Crippen molar-refractivity contribution in [3.05, 3.63) is 34.9 Å². The summed E-state index contributed by atoms with van der Waals surface area (Å²) >= 11 is 0. The van der Waals surface area contributed by atoms with Crippen molar-refractivity contribution in [1.82, 2.24) is 0 Å². The van der Waals surface area contributed by atoms with Gasteiger partial charge in [-0.25, -0.2) is 0 Å². The fraction of sp³-hybridized carbons (Fsp3) is 0.312. The number of ketones is 1. The molecule has 1 atom stereocenters. The summed E-state index contributed by atoms with van der Waals surface area (Å²) in [6.45, 7) is 1.65. The van der Waals surface area contributed by atoms with Gasteiger partial charge in [-0.05, 0) is 19.1 Å². The van der Waals surface area contributed by atoms with Gasteiger partial charge in [0.05, 0.1) is 18.2 Å². The van der Waals surface area contributed by atoms with E-state index in [1.807, 2.05) is 6.07 Å². The van der Waals surface area contributed by atoms with Crippen LogP contribution in [0.2, 0.25) is 0 Å². The Balaban J connectivity index is 2.57. The van der Waals surface area contributed by atoms with Crippen molar-refractivity contribution in [1.29, 1.82) is 15.8 Å². The molecule has 1 aliphatic carbocycles. The Morgan fingerprint density at radius 1 is 1.35 bits per heavy atom. The normalized spacial score (nSPS) is 22.0. The SMILES string of the molecule is Cc1ccc(C(=O)C[C@]2(C#N)C(N)=C(C=O)CC2(C#N)C#N)o1. The van der Waals surface area contributed by atoms with E-state index >= 15 is 0 Å². The van der Waals surface area contributed by atoms with E-state index in [1.165, 1.54) is 6.07 Å². The maximum atomic E-state index is 12.4. The number of carbonyl (C=O) groups is 2. The molecule has 1 aromatic rings. The molecule has 0 bridgehead atoms. The summed E-state index contributed by atoms with van der Waals surface area (Å²) in [5.74, 6) is -0.0476. The lowest BCUT2D eigenvalue weighted by molar-refractivity contribution is -0.105. The number of rotatable bonds is 4. The number of hydrogen-bond acceptors (Lipinski definition) is 7. The second-order valence-corrected chi connectivity index (χ2v) is 5.39. The maximum absolute atomic E-state index is 12.4. The molecule has 0 saturated heterocycles. The third kappa shape index (κ3) is 2.09. The summed E-state index contributed by atoms with van der Waals surface area (Å²) in [6, 6.07) is 8.43. The van der Waals surface area contributed by atoms with Crippen LogP contribution in [0.5, 0.6) is 0 Å². The van der Waals surface area contributed by atoms with Crippen molar-refractivity contribution in [2.75, 3.05) is 0 Å². The fourth-order valence-electron chi connectivity index (χ4n) is 2.79. The predicted octanol–water partition coefficient (Wildman–Crippen LogP) is 1.52. The second-order valence-electron chi connectivity index (χ2n) is 5.39. The van der Waals surface area contributed by atoms with E-state index in [9.17, 15) is 25.4 Å². The van der Waals surface area contributed by atoms with Crippen LogP contribution in [0.25, 0.3) is 0 Å². The zero-order valence-electron chi connectivity index (χ0n) is 12.3. The molecule has 0 unspecified atom stereocenters. The van der Waals surface area contributed by atoms with Gasteiger partial charge in [-0.15, -0.1) is 0 Å². The average molecular weight is 308 g/mol. The zero-order valence-corrected chi connectivity index (χ0v) is 12.3. The molecular weight excluding hydrogens is 296 g/mol. The fourth-order valence-corrected chi connectivity index (χ4v) is 2.79. The second kappa shape index (κ2) is 5.44. The highest BCUT2D eigenvalue weighted by atomic mass is 16.3. The molecule has 0 amide bonds. The van der Waals surface area contributed by atoms with Gasteiger partial charge in [-0.1, -0.05) is 0 Å². The molecule has 23 heavy (non-hydrogen) atoms. The van der Waals surface area contributed by atoms with E-state index in [0.717, 1.165) is 0 Å². The number of nitriles is 3. The van der Waals surface area contributed by atoms with Gasteiger partial charge in [-0.2, -0.15) is 15.8 Å². The molecule has 0 aliphatic heterocycles. The smallest absolute Gasteiger partial charge is 0.200 e. The quantitative estimate of drug-likeness (QED) is 0.655. The number of Topliss-reactive ketones (excluding diaryl/α,β-unsaturated/α-hetero) is 1. The Hall–Kier alpha value is -3.37. The zero-order chi connectivity index (χ0) is 17.3. The first-order chi connectivity index (χ1) is 10.9. The van der Waals surface area contributed by atoms with Gasteiger partial charge < -0.3 is 10.2 Å². The number of hydrogen-bond donors (Lipinski definition) is 1. The van der Waals surface area contributed by atoms with Crippen LogP contribution in [0.3, 0.4) is 0 Å². The van der Waals surface area contributed by atoms with Gasteiger partial charge in [0.25, 0.3) is 0 Å². The number of carbonyl (C=O) groups excluding carboxylic acids is 2. The summed E-state index contributed by atoms with van der Waals surface area (Å²) in [4.78, 5) is 23.5. The molecule has 7 heteroatoms. The topological polar surface area (TPSA) is 145 Å². The Bertz CT molecular complexity index is 830. The van der Waals surface area contributed by atoms with Gasteiger partial charge in [0.15, 0.2) is 17.0 Å². The maximum Gasteiger partial charge on any atom is 0.200 e. The van der Waals surface area contributed by atoms with Crippen LogP contribution < -0.4 is 5.73 Å². The highest BCUT2D eigenvalue weighted by Crippen LogP contribution is 2.55. The van der Waals surface area contributed by atoms with Crippen LogP contribution in [0.15, 0.2) is 27.8 Å². The molecule has 0 spiro atoms. The van der Waals surface area contributed by atoms with Crippen LogP contribution in [-0.2, 0) is 4.79 Å². The van der Waals surface area contributed by atoms with Crippen molar-refractivity contribution >= 4 is 12.1 Å². The van der Waals surface area contributed by atoms with Crippen LogP contribution >= 0.6 is 0 Å². The van der Waals surface area contributed by atoms with E-state index in [1.54, 1.807) is 25.1 Å². The summed E-state index contributed by atoms with van der Waals surface area (Å²) in [6.07, 6.45) is -0.381. The minimum atomic E-state index is -1.89. The van der Waals surface area contributed by atoms with Crippen LogP contribution in [-0.4, -0.2) is 12.1 Å². The average Bonchev–Trinajstić information content (AvgIpc) is 3.09. The molecule has 0 saturated carbocycles. The number of aryl methyl sites for hydroxylation is 1. The first-order valence-electron chi connectivity index (χ1n) is 6.67. The minimum Gasteiger partial charge on any atom is -0.458 e. The largest absolute Gasteiger partial charge is 0.458 e. The molecule has 0 radical (unpaired) electrons. The Morgan fingerprint density at radius 2 is 2.00 bits per heavy atom. The molecule has 0 fully saturated rings. The Morgan fingerprint density at radius 3 is 2.43 bits per heavy atom. The molecule has 7 nitrogen and oxygen atoms in total. The van der Waals surface area contributed by atoms with Gasteiger partial charge in [0, 0.05) is 24.1 Å². The van der Waals surface area contributed by atoms with E-state index in [-0.39, 0.29) is 23.5 Å². The standard InChI is InChI=1S/C16H12N4O3/c1-10-2-3-13(23-10)12(22)5-16(9-19)14(20)11(6-21)4-15(16,7-17)8-18/h2-3,6H,4-5,20H2,1H3/t16-/m0/s1. The van der Waals surface area contributed by atoms with Crippen molar-refractivity contribution in [2.24, 2.45) is 16.6 Å². The number of furan rings is 1. The lowest BCUT2D eigenvalue weighted by atomic mass is 9.64. The Kier molecular flexibility index (Phi) is 3.79. The lowest BCUT2D eigenvalue weighted by Crippen LogP contribution is -2.41. The molecule has 1 aliphatic rings. The molecule has 1 aromatic heterocycles. The molecule has 0 aromatic carbocycles. The molecule has 1 heterocycles. The van der Waals surface area contributed by atoms with Crippen molar-refractivity contribution in [3.63, 3.8) is 0 Å². The molecule has 2 rings (SSSR count). The summed E-state index contributed by atoms with van der Waals surface area (Å²) < 4.78 is 5.22. The van der Waals surface area contributed by atoms with Crippen molar-refractivity contribution < 1.29 is 14.0 Å². The highest BCUT2D eigenvalue weighted by molar-refractivity contribution is 5.95. The van der Waals surface area contributed by atoms with Crippen molar-refractivity contribution in [3.8, 4) is 18.2 Å². The predicted molar refractivity (Wildman–Crippen MR) is 76.0 cm³/mol. The minimum absolute atomic E-state index is 0.00178. The summed E-state index contributed by atoms with van der Waals surface area (Å²) in [5, 5.41) is 28.5. The van der Waals surface area contributed by atoms with E-state index in [2.05, 4.69) is 0 Å². The molecule has 2 N–H and O–H groups in total. The number of allylic oxidation sites excluding steroid dienone is 2. The summed E-state index contributed by atoms with van der Waals surface area (Å²) in [5.41, 5.74) is 1.90. The van der Waals surface area contributed by atoms with E-state index < -0.39 is 23.0 Å². The third-order valence-electron chi connectivity index (χ3n) is 4.15. The van der Waals surface area contributed by atoms with Crippen LogP contribution in [0.4, 0.5) is 0 Å². The molecular formula is C16H12N4O3. The number of nitrogens with zero attached hydrogens (tertiary/aromatic N) is 3. The monoisotopic (exact) mass is 308 g/mol. The van der Waals surface area contributed by atoms with Crippen molar-refractivity contribution in [2.45, 2.75) is 19.8 Å². The van der Waals surface area contributed by atoms with Crippen LogP contribution in [0, 0.1) is 51.7 Å². The first kappa shape index (κ1) is 16.0. The highest BCUT2D eigenvalue weighted by Gasteiger charge is 2.62. The first-order valence-corrected chi connectivity index (χ1v) is 6.67. The number of nitrogens with two attached hydrogens (primary N) is 1. The number of aldehydes is 1. The van der Waals surface area contributed by atoms with E-state index in [0.29, 0.717) is 12.0 Å². The lowest BCUT2D eigenvalue weighted by Gasteiger charge is -2.30.